The van der Waals surface area contributed by atoms with Crippen LogP contribution in [-0.2, 0) is 19.2 Å². The maximum absolute atomic E-state index is 2.29. The quantitative estimate of drug-likeness (QED) is 0.319. The van der Waals surface area contributed by atoms with E-state index in [0.717, 1.165) is 0 Å². The predicted octanol–water partition coefficient (Wildman–Crippen LogP) is -3.24. The first-order valence-corrected chi connectivity index (χ1v) is 5.50. The summed E-state index contributed by atoms with van der Waals surface area (Å²) in [6.45, 7) is 0. The second-order valence-corrected chi connectivity index (χ2v) is 5.17. The van der Waals surface area contributed by atoms with Gasteiger partial charge in [0, 0.05) is 0 Å². The Bertz CT molecular complexity index is 247. The fraction of sp³-hybridized carbons (Fsp3) is 0.200. The Morgan fingerprint density at radius 3 is 1.62 bits per heavy atom. The molecule has 0 aromatic heterocycles. The molecule has 0 radical (unpaired) electrons. The van der Waals surface area contributed by atoms with Crippen molar-refractivity contribution in [2.45, 2.75) is 12.8 Å². The molecule has 0 amide bonds. The van der Waals surface area contributed by atoms with Gasteiger partial charge in [-0.3, -0.25) is 0 Å². The predicted molar refractivity (Wildman–Crippen MR) is 43.7 cm³/mol. The molecule has 0 unspecified atom stereocenters. The Hall–Kier alpha value is 1.13. The summed E-state index contributed by atoms with van der Waals surface area (Å²) in [7, 11) is 0. The third kappa shape index (κ3) is 4.45. The summed E-state index contributed by atoms with van der Waals surface area (Å²) >= 11 is 0.0833. The summed E-state index contributed by atoms with van der Waals surface area (Å²) < 4.78 is 3.36. The average molecular weight is 432 g/mol. The smallest absolute Gasteiger partial charge is 1.00 e. The van der Waals surface area contributed by atoms with Crippen LogP contribution in [0, 0.1) is 0 Å². The number of allylic oxidation sites excluding steroid dienone is 8. The fourth-order valence-electron chi connectivity index (χ4n) is 1.29. The molecule has 68 valence electrons. The van der Waals surface area contributed by atoms with E-state index in [2.05, 4.69) is 36.5 Å². The minimum absolute atomic E-state index is 0. The van der Waals surface area contributed by atoms with E-state index >= 15 is 0 Å². The van der Waals surface area contributed by atoms with Crippen molar-refractivity contribution >= 4 is 0 Å². The SMILES string of the molecule is C1=CC[C]([Ti+2][C]2=CC=CC2)=C1.[I-].[I-]. The van der Waals surface area contributed by atoms with Crippen LogP contribution in [0.2, 0.25) is 0 Å². The van der Waals surface area contributed by atoms with Gasteiger partial charge in [-0.15, -0.1) is 0 Å². The summed E-state index contributed by atoms with van der Waals surface area (Å²) in [5.41, 5.74) is 0. The number of halogens is 2. The zero-order valence-electron chi connectivity index (χ0n) is 7.13. The van der Waals surface area contributed by atoms with E-state index in [-0.39, 0.29) is 67.1 Å². The molecule has 0 heterocycles. The standard InChI is InChI=1S/2C5H5.2HI.Ti/c2*1-2-4-5-3-1;;;/h2*1-3H,4H2;2*1H;/q;;;;+2/p-2. The normalized spacial score (nSPS) is 16.9. The van der Waals surface area contributed by atoms with E-state index in [1.807, 2.05) is 0 Å². The third-order valence-electron chi connectivity index (χ3n) is 1.86. The van der Waals surface area contributed by atoms with Crippen LogP contribution < -0.4 is 48.0 Å². The third-order valence-corrected chi connectivity index (χ3v) is 4.02. The molecule has 0 saturated carbocycles. The Morgan fingerprint density at radius 2 is 1.31 bits per heavy atom. The summed E-state index contributed by atoms with van der Waals surface area (Å²) in [4.78, 5) is 0. The summed E-state index contributed by atoms with van der Waals surface area (Å²) in [5, 5.41) is 0. The van der Waals surface area contributed by atoms with Crippen LogP contribution in [0.5, 0.6) is 0 Å². The largest absolute Gasteiger partial charge is 1.00 e. The van der Waals surface area contributed by atoms with Crippen molar-refractivity contribution in [1.29, 1.82) is 0 Å². The van der Waals surface area contributed by atoms with E-state index < -0.39 is 0 Å². The molecular weight excluding hydrogens is 422 g/mol. The molecule has 0 fully saturated rings. The van der Waals surface area contributed by atoms with Gasteiger partial charge in [0.1, 0.15) is 0 Å². The fourth-order valence-corrected chi connectivity index (χ4v) is 3.18. The molecule has 2 aliphatic rings. The van der Waals surface area contributed by atoms with E-state index in [0.29, 0.717) is 0 Å². The molecule has 0 aromatic carbocycles. The molecule has 3 heteroatoms. The van der Waals surface area contributed by atoms with Gasteiger partial charge in [0.25, 0.3) is 0 Å². The van der Waals surface area contributed by atoms with E-state index in [4.69, 9.17) is 0 Å². The van der Waals surface area contributed by atoms with Crippen LogP contribution in [0.1, 0.15) is 12.8 Å². The number of hydrogen-bond acceptors (Lipinski definition) is 0. The topological polar surface area (TPSA) is 0 Å². The Morgan fingerprint density at radius 1 is 0.846 bits per heavy atom. The second-order valence-electron chi connectivity index (χ2n) is 2.77. The van der Waals surface area contributed by atoms with Crippen LogP contribution >= 0.6 is 0 Å². The first kappa shape index (κ1) is 14.1. The van der Waals surface area contributed by atoms with E-state index in [1.54, 1.807) is 7.76 Å². The minimum atomic E-state index is 0. The molecule has 0 spiro atoms. The van der Waals surface area contributed by atoms with Gasteiger partial charge in [0.15, 0.2) is 0 Å². The van der Waals surface area contributed by atoms with Crippen LogP contribution in [0.15, 0.2) is 44.2 Å². The Labute approximate surface area is 123 Å². The molecule has 2 rings (SSSR count). The minimum Gasteiger partial charge on any atom is -1.00 e. The van der Waals surface area contributed by atoms with Crippen LogP contribution in [0.3, 0.4) is 0 Å². The maximum Gasteiger partial charge on any atom is -1.00 e. The Balaban J connectivity index is 0.000000720. The molecule has 0 saturated heterocycles. The van der Waals surface area contributed by atoms with Crippen molar-refractivity contribution < 1.29 is 67.1 Å². The van der Waals surface area contributed by atoms with Gasteiger partial charge >= 0.3 is 76.2 Å². The Kier molecular flexibility index (Phi) is 8.08. The van der Waals surface area contributed by atoms with Crippen LogP contribution in [-0.4, -0.2) is 0 Å². The van der Waals surface area contributed by atoms with Crippen molar-refractivity contribution in [3.8, 4) is 0 Å². The molecule has 0 bridgehead atoms. The van der Waals surface area contributed by atoms with Crippen LogP contribution in [0.4, 0.5) is 0 Å². The number of rotatable bonds is 2. The van der Waals surface area contributed by atoms with Gasteiger partial charge in [-0.25, -0.2) is 0 Å². The summed E-state index contributed by atoms with van der Waals surface area (Å²) in [6, 6.07) is 0. The monoisotopic (exact) mass is 432 g/mol. The van der Waals surface area contributed by atoms with Gasteiger partial charge in [-0.05, 0) is 0 Å². The van der Waals surface area contributed by atoms with E-state index in [9.17, 15) is 0 Å². The van der Waals surface area contributed by atoms with Crippen molar-refractivity contribution in [3.05, 3.63) is 44.2 Å². The van der Waals surface area contributed by atoms with Crippen molar-refractivity contribution in [3.63, 3.8) is 0 Å². The molecule has 0 N–H and O–H groups in total. The average Bonchev–Trinajstić information content (AvgIpc) is 2.60. The molecular formula is C10H10I2Ti. The summed E-state index contributed by atoms with van der Waals surface area (Å²) in [5.74, 6) is 0. The van der Waals surface area contributed by atoms with E-state index in [1.165, 1.54) is 12.8 Å². The second kappa shape index (κ2) is 7.43. The first-order valence-electron chi connectivity index (χ1n) is 3.93. The number of hydrogen-bond donors (Lipinski definition) is 0. The van der Waals surface area contributed by atoms with Crippen molar-refractivity contribution in [2.75, 3.05) is 0 Å². The van der Waals surface area contributed by atoms with Gasteiger partial charge in [0.2, 0.25) is 0 Å². The molecule has 0 atom stereocenters. The molecule has 0 aromatic rings. The first-order chi connectivity index (χ1) is 5.45. The zero-order chi connectivity index (χ0) is 7.52. The molecule has 2 aliphatic carbocycles. The summed E-state index contributed by atoms with van der Waals surface area (Å²) in [6.07, 6.45) is 15.9. The molecule has 13 heavy (non-hydrogen) atoms. The van der Waals surface area contributed by atoms with Gasteiger partial charge < -0.3 is 48.0 Å². The maximum atomic E-state index is 2.29. The zero-order valence-corrected chi connectivity index (χ0v) is 13.0. The molecule has 0 aliphatic heterocycles. The molecule has 0 nitrogen and oxygen atoms in total. The van der Waals surface area contributed by atoms with Crippen molar-refractivity contribution in [1.82, 2.24) is 0 Å². The van der Waals surface area contributed by atoms with Gasteiger partial charge in [-0.2, -0.15) is 0 Å². The van der Waals surface area contributed by atoms with Crippen LogP contribution in [0.25, 0.3) is 0 Å². The van der Waals surface area contributed by atoms with Gasteiger partial charge in [-0.1, -0.05) is 0 Å². The van der Waals surface area contributed by atoms with Crippen molar-refractivity contribution in [2.24, 2.45) is 0 Å². The van der Waals surface area contributed by atoms with Gasteiger partial charge in [0.05, 0.1) is 0 Å².